The van der Waals surface area contributed by atoms with Crippen LogP contribution in [0.15, 0.2) is 36.4 Å². The summed E-state index contributed by atoms with van der Waals surface area (Å²) in [6.45, 7) is 0. The molecule has 4 nitrogen and oxygen atoms in total. The molecule has 1 atom stereocenters. The number of benzene rings is 2. The van der Waals surface area contributed by atoms with Crippen molar-refractivity contribution in [3.05, 3.63) is 64.9 Å². The third kappa shape index (κ3) is 2.92. The molecule has 0 saturated carbocycles. The number of ether oxygens (including phenoxy) is 1. The number of hydrogen-bond donors (Lipinski definition) is 2. The molecule has 1 aliphatic rings. The molecule has 1 amide bonds. The predicted molar refractivity (Wildman–Crippen MR) is 94.5 cm³/mol. The van der Waals surface area contributed by atoms with E-state index >= 15 is 0 Å². The van der Waals surface area contributed by atoms with Crippen LogP contribution in [0.25, 0.3) is 10.9 Å². The molecule has 1 heterocycles. The Balaban J connectivity index is 1.56. The SMILES string of the molecule is COc1ccc2[nH]c3c(c2c1)CC(NC(=O)c1ccc(F)c(F)c1)CC3. The summed E-state index contributed by atoms with van der Waals surface area (Å²) in [4.78, 5) is 15.8. The zero-order valence-electron chi connectivity index (χ0n) is 14.2. The number of nitrogens with one attached hydrogen (secondary N) is 2. The molecule has 2 N–H and O–H groups in total. The number of aromatic nitrogens is 1. The standard InChI is InChI=1S/C20H18F2N2O2/c1-26-13-4-7-19-15(10-13)14-9-12(3-6-18(14)24-19)23-20(25)11-2-5-16(21)17(22)8-11/h2,4-5,7-8,10,12,24H,3,6,9H2,1H3,(H,23,25). The molecule has 0 bridgehead atoms. The molecule has 1 unspecified atom stereocenters. The van der Waals surface area contributed by atoms with Crippen molar-refractivity contribution in [2.24, 2.45) is 0 Å². The maximum Gasteiger partial charge on any atom is 0.251 e. The quantitative estimate of drug-likeness (QED) is 0.751. The Kier molecular flexibility index (Phi) is 4.11. The number of aromatic amines is 1. The Morgan fingerprint density at radius 3 is 2.81 bits per heavy atom. The highest BCUT2D eigenvalue weighted by Gasteiger charge is 2.24. The third-order valence-electron chi connectivity index (χ3n) is 4.91. The maximum atomic E-state index is 13.3. The number of aryl methyl sites for hydroxylation is 1. The van der Waals surface area contributed by atoms with Crippen molar-refractivity contribution in [1.29, 1.82) is 0 Å². The summed E-state index contributed by atoms with van der Waals surface area (Å²) in [6, 6.07) is 9.01. The van der Waals surface area contributed by atoms with Crippen LogP contribution in [0.5, 0.6) is 5.75 Å². The van der Waals surface area contributed by atoms with E-state index in [0.717, 1.165) is 41.6 Å². The van der Waals surface area contributed by atoms with Gasteiger partial charge in [-0.1, -0.05) is 0 Å². The van der Waals surface area contributed by atoms with Gasteiger partial charge in [0.2, 0.25) is 0 Å². The first-order valence-corrected chi connectivity index (χ1v) is 8.48. The summed E-state index contributed by atoms with van der Waals surface area (Å²) in [5.41, 5.74) is 3.51. The summed E-state index contributed by atoms with van der Waals surface area (Å²) < 4.78 is 31.7. The van der Waals surface area contributed by atoms with E-state index in [1.807, 2.05) is 18.2 Å². The molecular weight excluding hydrogens is 338 g/mol. The fraction of sp³-hybridized carbons (Fsp3) is 0.250. The Morgan fingerprint density at radius 2 is 2.04 bits per heavy atom. The number of H-pyrrole nitrogens is 1. The van der Waals surface area contributed by atoms with Gasteiger partial charge < -0.3 is 15.0 Å². The minimum Gasteiger partial charge on any atom is -0.497 e. The van der Waals surface area contributed by atoms with Crippen molar-refractivity contribution in [2.45, 2.75) is 25.3 Å². The van der Waals surface area contributed by atoms with E-state index in [4.69, 9.17) is 4.74 Å². The van der Waals surface area contributed by atoms with Crippen molar-refractivity contribution in [1.82, 2.24) is 10.3 Å². The number of carbonyl (C=O) groups excluding carboxylic acids is 1. The number of amides is 1. The first kappa shape index (κ1) is 16.6. The van der Waals surface area contributed by atoms with Crippen molar-refractivity contribution >= 4 is 16.8 Å². The number of rotatable bonds is 3. The van der Waals surface area contributed by atoms with Gasteiger partial charge in [-0.3, -0.25) is 4.79 Å². The van der Waals surface area contributed by atoms with Crippen LogP contribution in [0, 0.1) is 11.6 Å². The highest BCUT2D eigenvalue weighted by Crippen LogP contribution is 2.31. The smallest absolute Gasteiger partial charge is 0.251 e. The normalized spacial score (nSPS) is 16.3. The minimum atomic E-state index is -1.02. The second-order valence-corrected chi connectivity index (χ2v) is 6.54. The second kappa shape index (κ2) is 6.44. The van der Waals surface area contributed by atoms with Crippen LogP contribution in [-0.4, -0.2) is 24.0 Å². The lowest BCUT2D eigenvalue weighted by Crippen LogP contribution is -2.38. The molecule has 134 valence electrons. The predicted octanol–water partition coefficient (Wildman–Crippen LogP) is 3.74. The van der Waals surface area contributed by atoms with Gasteiger partial charge in [-0.2, -0.15) is 0 Å². The zero-order valence-corrected chi connectivity index (χ0v) is 14.2. The fourth-order valence-electron chi connectivity index (χ4n) is 3.55. The van der Waals surface area contributed by atoms with E-state index < -0.39 is 17.5 Å². The van der Waals surface area contributed by atoms with Crippen molar-refractivity contribution in [2.75, 3.05) is 7.11 Å². The third-order valence-corrected chi connectivity index (χ3v) is 4.91. The first-order valence-electron chi connectivity index (χ1n) is 8.48. The topological polar surface area (TPSA) is 54.1 Å². The maximum absolute atomic E-state index is 13.3. The van der Waals surface area contributed by atoms with Crippen LogP contribution < -0.4 is 10.1 Å². The molecule has 0 spiro atoms. The van der Waals surface area contributed by atoms with Crippen LogP contribution in [0.3, 0.4) is 0 Å². The highest BCUT2D eigenvalue weighted by molar-refractivity contribution is 5.94. The van der Waals surface area contributed by atoms with Crippen LogP contribution in [-0.2, 0) is 12.8 Å². The van der Waals surface area contributed by atoms with Crippen molar-refractivity contribution in [3.8, 4) is 5.75 Å². The van der Waals surface area contributed by atoms with E-state index in [0.29, 0.717) is 6.42 Å². The highest BCUT2D eigenvalue weighted by atomic mass is 19.2. The molecule has 2 aromatic carbocycles. The lowest BCUT2D eigenvalue weighted by atomic mass is 9.91. The molecule has 0 saturated heterocycles. The molecule has 6 heteroatoms. The van der Waals surface area contributed by atoms with Gasteiger partial charge in [-0.05, 0) is 61.2 Å². The second-order valence-electron chi connectivity index (χ2n) is 6.54. The van der Waals surface area contributed by atoms with Crippen LogP contribution >= 0.6 is 0 Å². The summed E-state index contributed by atoms with van der Waals surface area (Å²) in [7, 11) is 1.63. The van der Waals surface area contributed by atoms with Gasteiger partial charge in [0, 0.05) is 28.2 Å². The molecular formula is C20H18F2N2O2. The lowest BCUT2D eigenvalue weighted by Gasteiger charge is -2.23. The summed E-state index contributed by atoms with van der Waals surface area (Å²) in [5, 5.41) is 4.02. The van der Waals surface area contributed by atoms with Gasteiger partial charge in [0.15, 0.2) is 11.6 Å². The molecule has 4 rings (SSSR count). The number of halogens is 2. The van der Waals surface area contributed by atoms with E-state index in [1.165, 1.54) is 17.3 Å². The van der Waals surface area contributed by atoms with Crippen LogP contribution in [0.4, 0.5) is 8.78 Å². The Labute approximate surface area is 149 Å². The number of hydrogen-bond acceptors (Lipinski definition) is 2. The van der Waals surface area contributed by atoms with Gasteiger partial charge in [0.05, 0.1) is 7.11 Å². The number of carbonyl (C=O) groups is 1. The molecule has 26 heavy (non-hydrogen) atoms. The molecule has 3 aromatic rings. The monoisotopic (exact) mass is 356 g/mol. The van der Waals surface area contributed by atoms with Gasteiger partial charge >= 0.3 is 0 Å². The van der Waals surface area contributed by atoms with Crippen LogP contribution in [0.2, 0.25) is 0 Å². The molecule has 0 fully saturated rings. The number of fused-ring (bicyclic) bond motifs is 3. The van der Waals surface area contributed by atoms with E-state index in [1.54, 1.807) is 7.11 Å². The van der Waals surface area contributed by atoms with Gasteiger partial charge in [0.25, 0.3) is 5.91 Å². The first-order chi connectivity index (χ1) is 12.5. The van der Waals surface area contributed by atoms with Gasteiger partial charge in [-0.25, -0.2) is 8.78 Å². The molecule has 1 aromatic heterocycles. The fourth-order valence-corrected chi connectivity index (χ4v) is 3.55. The average Bonchev–Trinajstić information content (AvgIpc) is 3.01. The molecule has 1 aliphatic carbocycles. The summed E-state index contributed by atoms with van der Waals surface area (Å²) >= 11 is 0. The van der Waals surface area contributed by atoms with Gasteiger partial charge in [0.1, 0.15) is 5.75 Å². The lowest BCUT2D eigenvalue weighted by molar-refractivity contribution is 0.0933. The Bertz CT molecular complexity index is 997. The minimum absolute atomic E-state index is 0.0617. The largest absolute Gasteiger partial charge is 0.497 e. The van der Waals surface area contributed by atoms with E-state index in [9.17, 15) is 13.6 Å². The van der Waals surface area contributed by atoms with Crippen molar-refractivity contribution < 1.29 is 18.3 Å². The summed E-state index contributed by atoms with van der Waals surface area (Å²) in [6.07, 6.45) is 2.28. The molecule has 0 aliphatic heterocycles. The molecule has 0 radical (unpaired) electrons. The van der Waals surface area contributed by atoms with E-state index in [2.05, 4.69) is 10.3 Å². The Morgan fingerprint density at radius 1 is 1.19 bits per heavy atom. The Hall–Kier alpha value is -2.89. The van der Waals surface area contributed by atoms with E-state index in [-0.39, 0.29) is 11.6 Å². The summed E-state index contributed by atoms with van der Waals surface area (Å²) in [5.74, 6) is -1.59. The average molecular weight is 356 g/mol. The van der Waals surface area contributed by atoms with Crippen molar-refractivity contribution in [3.63, 3.8) is 0 Å². The van der Waals surface area contributed by atoms with Crippen LogP contribution in [0.1, 0.15) is 28.0 Å². The van der Waals surface area contributed by atoms with Gasteiger partial charge in [-0.15, -0.1) is 0 Å². The zero-order chi connectivity index (χ0) is 18.3. The number of methoxy groups -OCH3 is 1.